The maximum absolute atomic E-state index is 13.8. The normalized spacial score (nSPS) is 10.2. The van der Waals surface area contributed by atoms with E-state index in [2.05, 4.69) is 5.32 Å². The molecule has 21 heavy (non-hydrogen) atoms. The summed E-state index contributed by atoms with van der Waals surface area (Å²) in [5.74, 6) is -0.972. The first kappa shape index (κ1) is 15.1. The Morgan fingerprint density at radius 3 is 2.71 bits per heavy atom. The van der Waals surface area contributed by atoms with E-state index in [0.717, 1.165) is 0 Å². The smallest absolute Gasteiger partial charge is 0.338 e. The molecule has 0 radical (unpaired) electrons. The van der Waals surface area contributed by atoms with Crippen molar-refractivity contribution in [3.63, 3.8) is 0 Å². The van der Waals surface area contributed by atoms with Gasteiger partial charge in [0.2, 0.25) is 0 Å². The SMILES string of the molecule is CCOC(=O)c1ccc(N)c(Nc2ccc(Cl)cc2F)c1. The van der Waals surface area contributed by atoms with Gasteiger partial charge in [0, 0.05) is 5.02 Å². The fraction of sp³-hybridized carbons (Fsp3) is 0.133. The van der Waals surface area contributed by atoms with Crippen molar-refractivity contribution in [3.8, 4) is 0 Å². The summed E-state index contributed by atoms with van der Waals surface area (Å²) >= 11 is 5.70. The van der Waals surface area contributed by atoms with Crippen LogP contribution in [0.3, 0.4) is 0 Å². The van der Waals surface area contributed by atoms with Gasteiger partial charge in [-0.2, -0.15) is 0 Å². The Bertz CT molecular complexity index is 677. The number of nitrogens with one attached hydrogen (secondary N) is 1. The third-order valence-electron chi connectivity index (χ3n) is 2.76. The van der Waals surface area contributed by atoms with Crippen LogP contribution < -0.4 is 11.1 Å². The molecule has 0 heterocycles. The molecule has 0 fully saturated rings. The maximum Gasteiger partial charge on any atom is 0.338 e. The topological polar surface area (TPSA) is 64.3 Å². The van der Waals surface area contributed by atoms with Crippen molar-refractivity contribution in [2.45, 2.75) is 6.92 Å². The number of rotatable bonds is 4. The Morgan fingerprint density at radius 2 is 2.05 bits per heavy atom. The summed E-state index contributed by atoms with van der Waals surface area (Å²) in [5, 5.41) is 3.14. The van der Waals surface area contributed by atoms with Gasteiger partial charge in [-0.05, 0) is 43.3 Å². The van der Waals surface area contributed by atoms with Crippen molar-refractivity contribution in [2.24, 2.45) is 0 Å². The van der Waals surface area contributed by atoms with Crippen LogP contribution in [0.4, 0.5) is 21.5 Å². The zero-order valence-electron chi connectivity index (χ0n) is 11.3. The summed E-state index contributed by atoms with van der Waals surface area (Å²) in [6.45, 7) is 2.00. The fourth-order valence-corrected chi connectivity index (χ4v) is 1.90. The van der Waals surface area contributed by atoms with Gasteiger partial charge < -0.3 is 15.8 Å². The molecular formula is C15H14ClFN2O2. The van der Waals surface area contributed by atoms with Crippen molar-refractivity contribution in [2.75, 3.05) is 17.7 Å². The third kappa shape index (κ3) is 3.64. The van der Waals surface area contributed by atoms with Crippen LogP contribution in [-0.4, -0.2) is 12.6 Å². The predicted octanol–water partition coefficient (Wildman–Crippen LogP) is 3.98. The molecule has 0 bridgehead atoms. The molecule has 0 aliphatic carbocycles. The fourth-order valence-electron chi connectivity index (χ4n) is 1.74. The Morgan fingerprint density at radius 1 is 1.29 bits per heavy atom. The van der Waals surface area contributed by atoms with Crippen LogP contribution in [0.25, 0.3) is 0 Å². The number of anilines is 3. The number of esters is 1. The van der Waals surface area contributed by atoms with Crippen molar-refractivity contribution in [1.29, 1.82) is 0 Å². The average Bonchev–Trinajstić information content (AvgIpc) is 2.44. The van der Waals surface area contributed by atoms with E-state index in [-0.39, 0.29) is 12.3 Å². The molecule has 0 aliphatic rings. The number of ether oxygens (including phenoxy) is 1. The second kappa shape index (κ2) is 6.45. The Labute approximate surface area is 126 Å². The first-order valence-electron chi connectivity index (χ1n) is 6.30. The zero-order chi connectivity index (χ0) is 15.4. The molecule has 3 N–H and O–H groups in total. The monoisotopic (exact) mass is 308 g/mol. The highest BCUT2D eigenvalue weighted by atomic mass is 35.5. The van der Waals surface area contributed by atoms with E-state index in [9.17, 15) is 9.18 Å². The molecule has 6 heteroatoms. The quantitative estimate of drug-likeness (QED) is 0.662. The van der Waals surface area contributed by atoms with Gasteiger partial charge in [0.1, 0.15) is 5.82 Å². The zero-order valence-corrected chi connectivity index (χ0v) is 12.1. The molecule has 0 saturated heterocycles. The molecule has 2 aromatic rings. The summed E-state index contributed by atoms with van der Waals surface area (Å²) in [6, 6.07) is 8.86. The van der Waals surface area contributed by atoms with Gasteiger partial charge in [-0.15, -0.1) is 0 Å². The lowest BCUT2D eigenvalue weighted by atomic mass is 10.1. The standard InChI is InChI=1S/C15H14ClFN2O2/c1-2-21-15(20)9-3-5-12(18)14(7-9)19-13-6-4-10(16)8-11(13)17/h3-8,19H,2,18H2,1H3. The number of hydrogen-bond donors (Lipinski definition) is 2. The number of carbonyl (C=O) groups excluding carboxylic acids is 1. The van der Waals surface area contributed by atoms with Gasteiger partial charge >= 0.3 is 5.97 Å². The van der Waals surface area contributed by atoms with Gasteiger partial charge in [-0.25, -0.2) is 9.18 Å². The maximum atomic E-state index is 13.8. The average molecular weight is 309 g/mol. The highest BCUT2D eigenvalue weighted by Gasteiger charge is 2.11. The lowest BCUT2D eigenvalue weighted by Crippen LogP contribution is -2.06. The predicted molar refractivity (Wildman–Crippen MR) is 81.5 cm³/mol. The lowest BCUT2D eigenvalue weighted by Gasteiger charge is -2.12. The van der Waals surface area contributed by atoms with Crippen molar-refractivity contribution >= 4 is 34.6 Å². The van der Waals surface area contributed by atoms with Crippen LogP contribution in [-0.2, 0) is 4.74 Å². The highest BCUT2D eigenvalue weighted by molar-refractivity contribution is 6.30. The summed E-state index contributed by atoms with van der Waals surface area (Å²) in [4.78, 5) is 11.7. The van der Waals surface area contributed by atoms with E-state index in [4.69, 9.17) is 22.1 Å². The van der Waals surface area contributed by atoms with Crippen LogP contribution >= 0.6 is 11.6 Å². The van der Waals surface area contributed by atoms with Crippen molar-refractivity contribution < 1.29 is 13.9 Å². The van der Waals surface area contributed by atoms with Gasteiger partial charge in [-0.1, -0.05) is 11.6 Å². The number of benzene rings is 2. The number of halogens is 2. The largest absolute Gasteiger partial charge is 0.462 e. The highest BCUT2D eigenvalue weighted by Crippen LogP contribution is 2.27. The molecule has 0 atom stereocenters. The van der Waals surface area contributed by atoms with Crippen LogP contribution in [0.1, 0.15) is 17.3 Å². The van der Waals surface area contributed by atoms with E-state index < -0.39 is 11.8 Å². The summed E-state index contributed by atoms with van der Waals surface area (Å²) in [6.07, 6.45) is 0. The molecule has 0 spiro atoms. The molecule has 2 rings (SSSR count). The first-order chi connectivity index (χ1) is 10.0. The molecule has 0 aromatic heterocycles. The Hall–Kier alpha value is -2.27. The second-order valence-electron chi connectivity index (χ2n) is 4.27. The van der Waals surface area contributed by atoms with E-state index >= 15 is 0 Å². The van der Waals surface area contributed by atoms with E-state index in [1.165, 1.54) is 18.2 Å². The van der Waals surface area contributed by atoms with E-state index in [0.29, 0.717) is 22.0 Å². The molecule has 4 nitrogen and oxygen atoms in total. The minimum absolute atomic E-state index is 0.215. The molecule has 0 aliphatic heterocycles. The lowest BCUT2D eigenvalue weighted by molar-refractivity contribution is 0.0526. The molecule has 110 valence electrons. The van der Waals surface area contributed by atoms with Crippen molar-refractivity contribution in [3.05, 3.63) is 52.8 Å². The molecular weight excluding hydrogens is 295 g/mol. The number of nitrogens with two attached hydrogens (primary N) is 1. The summed E-state index contributed by atoms with van der Waals surface area (Å²) < 4.78 is 18.7. The van der Waals surface area contributed by atoms with Crippen LogP contribution in [0.2, 0.25) is 5.02 Å². The number of hydrogen-bond acceptors (Lipinski definition) is 4. The van der Waals surface area contributed by atoms with E-state index in [1.807, 2.05) is 0 Å². The van der Waals surface area contributed by atoms with Gasteiger partial charge in [0.15, 0.2) is 0 Å². The Kier molecular flexibility index (Phi) is 4.65. The summed E-state index contributed by atoms with van der Waals surface area (Å²) in [7, 11) is 0. The first-order valence-corrected chi connectivity index (χ1v) is 6.67. The molecule has 0 saturated carbocycles. The Balaban J connectivity index is 2.30. The third-order valence-corrected chi connectivity index (χ3v) is 3.00. The number of nitrogen functional groups attached to an aromatic ring is 1. The van der Waals surface area contributed by atoms with Gasteiger partial charge in [0.25, 0.3) is 0 Å². The minimum Gasteiger partial charge on any atom is -0.462 e. The van der Waals surface area contributed by atoms with Crippen molar-refractivity contribution in [1.82, 2.24) is 0 Å². The molecule has 0 unspecified atom stereocenters. The van der Waals surface area contributed by atoms with Gasteiger partial charge in [-0.3, -0.25) is 0 Å². The number of carbonyl (C=O) groups is 1. The second-order valence-corrected chi connectivity index (χ2v) is 4.71. The van der Waals surface area contributed by atoms with Gasteiger partial charge in [0.05, 0.1) is 29.2 Å². The van der Waals surface area contributed by atoms with Crippen LogP contribution in [0.5, 0.6) is 0 Å². The van der Waals surface area contributed by atoms with Crippen LogP contribution in [0, 0.1) is 5.82 Å². The molecule has 0 amide bonds. The van der Waals surface area contributed by atoms with Crippen LogP contribution in [0.15, 0.2) is 36.4 Å². The van der Waals surface area contributed by atoms with E-state index in [1.54, 1.807) is 25.1 Å². The molecule has 2 aromatic carbocycles. The minimum atomic E-state index is -0.511. The summed E-state index contributed by atoms with van der Waals surface area (Å²) in [5.41, 5.74) is 7.18.